The monoisotopic (exact) mass is 564 g/mol. The molecule has 0 aliphatic rings. The van der Waals surface area contributed by atoms with Crippen molar-refractivity contribution >= 4 is 80.9 Å². The molecule has 0 bridgehead atoms. The van der Waals surface area contributed by atoms with E-state index < -0.39 is 5.82 Å². The van der Waals surface area contributed by atoms with E-state index >= 15 is 0 Å². The van der Waals surface area contributed by atoms with E-state index in [1.165, 1.54) is 34.5 Å². The number of rotatable bonds is 10. The first-order chi connectivity index (χ1) is 17.4. The van der Waals surface area contributed by atoms with E-state index in [9.17, 15) is 9.18 Å². The van der Waals surface area contributed by atoms with Crippen LogP contribution >= 0.6 is 46.9 Å². The number of ether oxygens (including phenoxy) is 1. The average Bonchev–Trinajstić information content (AvgIpc) is 3.19. The number of halogens is 2. The summed E-state index contributed by atoms with van der Waals surface area (Å²) in [7, 11) is 0. The Labute approximate surface area is 225 Å². The first kappa shape index (κ1) is 26.3. The predicted octanol–water partition coefficient (Wildman–Crippen LogP) is 6.69. The summed E-state index contributed by atoms with van der Waals surface area (Å²) in [4.78, 5) is 21.6. The molecule has 2 heterocycles. The quantitative estimate of drug-likeness (QED) is 0.162. The van der Waals surface area contributed by atoms with Gasteiger partial charge in [-0.1, -0.05) is 41.6 Å². The van der Waals surface area contributed by atoms with Gasteiger partial charge < -0.3 is 15.4 Å². The van der Waals surface area contributed by atoms with Crippen molar-refractivity contribution in [2.75, 3.05) is 23.0 Å². The Bertz CT molecular complexity index is 1460. The van der Waals surface area contributed by atoms with E-state index in [4.69, 9.17) is 28.6 Å². The molecule has 4 rings (SSSR count). The number of hydrogen-bond donors (Lipinski definition) is 2. The molecule has 0 aliphatic carbocycles. The Morgan fingerprint density at radius 3 is 2.86 bits per heavy atom. The Balaban J connectivity index is 1.62. The highest BCUT2D eigenvalue weighted by Gasteiger charge is 2.15. The lowest BCUT2D eigenvalue weighted by molar-refractivity contribution is -0.116. The second-order valence-corrected chi connectivity index (χ2v) is 10.8. The molecule has 8 nitrogen and oxygen atoms in total. The van der Waals surface area contributed by atoms with Crippen molar-refractivity contribution in [1.29, 1.82) is 0 Å². The number of nitrogens with zero attached hydrogens (tertiary/aromatic N) is 4. The molecular weight excluding hydrogens is 543 g/mol. The molecule has 188 valence electrons. The number of thioether (sulfide) groups is 1. The molecule has 0 saturated carbocycles. The molecule has 36 heavy (non-hydrogen) atoms. The van der Waals surface area contributed by atoms with Gasteiger partial charge in [0.1, 0.15) is 30.3 Å². The van der Waals surface area contributed by atoms with E-state index in [0.717, 1.165) is 16.5 Å². The van der Waals surface area contributed by atoms with Gasteiger partial charge in [-0.25, -0.2) is 19.0 Å². The summed E-state index contributed by atoms with van der Waals surface area (Å²) in [6, 6.07) is 7.74. The maximum Gasteiger partial charge on any atom is 0.246 e. The highest BCUT2D eigenvalue weighted by atomic mass is 35.5. The van der Waals surface area contributed by atoms with Crippen molar-refractivity contribution in [3.05, 3.63) is 51.5 Å². The lowest BCUT2D eigenvalue weighted by atomic mass is 10.1. The SMILES string of the molecule is CCCSc1nn(CC(=O)Nc2cc3c(Nc4ccc(F)c(Cl)c4)ncnc3cc2OCC)c(=S)s1. The van der Waals surface area contributed by atoms with Gasteiger partial charge in [0.2, 0.25) is 5.91 Å². The summed E-state index contributed by atoms with van der Waals surface area (Å²) < 4.78 is 22.2. The molecule has 0 radical (unpaired) electrons. The van der Waals surface area contributed by atoms with Crippen molar-refractivity contribution in [2.24, 2.45) is 0 Å². The predicted molar refractivity (Wildman–Crippen MR) is 146 cm³/mol. The summed E-state index contributed by atoms with van der Waals surface area (Å²) in [6.45, 7) is 4.31. The minimum atomic E-state index is -0.516. The highest BCUT2D eigenvalue weighted by molar-refractivity contribution is 8.01. The number of aromatic nitrogens is 4. The lowest BCUT2D eigenvalue weighted by Crippen LogP contribution is -2.20. The first-order valence-electron chi connectivity index (χ1n) is 11.0. The third kappa shape index (κ3) is 6.30. The minimum absolute atomic E-state index is 0.0122. The second-order valence-electron chi connectivity index (χ2n) is 7.46. The number of benzene rings is 2. The number of anilines is 3. The summed E-state index contributed by atoms with van der Waals surface area (Å²) >= 11 is 14.3. The molecule has 0 aliphatic heterocycles. The number of carbonyl (C=O) groups excluding carboxylic acids is 1. The molecule has 0 atom stereocenters. The molecule has 1 amide bonds. The molecule has 0 unspecified atom stereocenters. The van der Waals surface area contributed by atoms with Gasteiger partial charge in [0, 0.05) is 22.9 Å². The number of hydrogen-bond acceptors (Lipinski definition) is 9. The van der Waals surface area contributed by atoms with Gasteiger partial charge in [0.25, 0.3) is 0 Å². The minimum Gasteiger partial charge on any atom is -0.492 e. The van der Waals surface area contributed by atoms with Gasteiger partial charge in [-0.2, -0.15) is 5.10 Å². The van der Waals surface area contributed by atoms with Gasteiger partial charge in [0.05, 0.1) is 22.8 Å². The first-order valence-corrected chi connectivity index (χ1v) is 13.6. The fraction of sp³-hybridized carbons (Fsp3) is 0.261. The second kappa shape index (κ2) is 12.0. The zero-order valence-corrected chi connectivity index (χ0v) is 22.6. The fourth-order valence-electron chi connectivity index (χ4n) is 3.23. The third-order valence-electron chi connectivity index (χ3n) is 4.80. The molecular formula is C23H22ClFN6O2S3. The Kier molecular flexibility index (Phi) is 8.72. The number of fused-ring (bicyclic) bond motifs is 1. The van der Waals surface area contributed by atoms with E-state index in [-0.39, 0.29) is 17.5 Å². The topological polar surface area (TPSA) is 94.0 Å². The maximum atomic E-state index is 13.6. The molecule has 13 heteroatoms. The Morgan fingerprint density at radius 1 is 1.28 bits per heavy atom. The third-order valence-corrected chi connectivity index (χ3v) is 7.74. The van der Waals surface area contributed by atoms with Gasteiger partial charge in [-0.15, -0.1) is 0 Å². The van der Waals surface area contributed by atoms with Gasteiger partial charge in [0.15, 0.2) is 8.29 Å². The summed E-state index contributed by atoms with van der Waals surface area (Å²) in [5.74, 6) is 1.04. The molecule has 2 aromatic heterocycles. The highest BCUT2D eigenvalue weighted by Crippen LogP contribution is 2.34. The van der Waals surface area contributed by atoms with Gasteiger partial charge >= 0.3 is 0 Å². The van der Waals surface area contributed by atoms with Crippen LogP contribution in [0.3, 0.4) is 0 Å². The van der Waals surface area contributed by atoms with Crippen LogP contribution < -0.4 is 15.4 Å². The number of carbonyl (C=O) groups is 1. The smallest absolute Gasteiger partial charge is 0.246 e. The van der Waals surface area contributed by atoms with E-state index in [1.54, 1.807) is 30.0 Å². The van der Waals surface area contributed by atoms with Crippen LogP contribution in [-0.2, 0) is 11.3 Å². The summed E-state index contributed by atoms with van der Waals surface area (Å²) in [5.41, 5.74) is 1.60. The average molecular weight is 565 g/mol. The molecule has 2 aromatic carbocycles. The van der Waals surface area contributed by atoms with Crippen LogP contribution in [0.5, 0.6) is 5.75 Å². The van der Waals surface area contributed by atoms with E-state index in [1.807, 2.05) is 6.92 Å². The van der Waals surface area contributed by atoms with E-state index in [0.29, 0.717) is 44.4 Å². The van der Waals surface area contributed by atoms with Crippen LogP contribution in [0.15, 0.2) is 41.0 Å². The molecule has 2 N–H and O–H groups in total. The lowest BCUT2D eigenvalue weighted by Gasteiger charge is -2.15. The summed E-state index contributed by atoms with van der Waals surface area (Å²) in [6.07, 6.45) is 2.43. The Morgan fingerprint density at radius 2 is 2.11 bits per heavy atom. The fourth-order valence-corrected chi connectivity index (χ4v) is 5.67. The molecule has 4 aromatic rings. The normalized spacial score (nSPS) is 11.0. The van der Waals surface area contributed by atoms with Crippen molar-refractivity contribution < 1.29 is 13.9 Å². The maximum absolute atomic E-state index is 13.6. The van der Waals surface area contributed by atoms with Crippen molar-refractivity contribution in [3.8, 4) is 5.75 Å². The number of amides is 1. The van der Waals surface area contributed by atoms with Crippen LogP contribution in [0.1, 0.15) is 20.3 Å². The molecule has 0 spiro atoms. The van der Waals surface area contributed by atoms with Crippen LogP contribution in [0, 0.1) is 9.77 Å². The van der Waals surface area contributed by atoms with Crippen LogP contribution in [0.4, 0.5) is 21.6 Å². The zero-order valence-electron chi connectivity index (χ0n) is 19.4. The van der Waals surface area contributed by atoms with Crippen molar-refractivity contribution in [3.63, 3.8) is 0 Å². The largest absolute Gasteiger partial charge is 0.492 e. The van der Waals surface area contributed by atoms with Gasteiger partial charge in [-0.3, -0.25) is 4.79 Å². The van der Waals surface area contributed by atoms with Crippen LogP contribution in [0.2, 0.25) is 5.02 Å². The Hall–Kier alpha value is -2.80. The summed E-state index contributed by atoms with van der Waals surface area (Å²) in [5, 5.41) is 11.1. The standard InChI is InChI=1S/C23H22ClFN6O2S3/c1-3-7-35-22-30-31(23(34)36-22)11-20(32)29-18-9-14-17(10-19(18)33-4-2)26-12-27-21(14)28-13-5-6-16(25)15(24)8-13/h5-6,8-10,12H,3-4,7,11H2,1-2H3,(H,29,32)(H,26,27,28). The van der Waals surface area contributed by atoms with E-state index in [2.05, 4.69) is 32.6 Å². The molecule has 0 saturated heterocycles. The van der Waals surface area contributed by atoms with Gasteiger partial charge in [-0.05, 0) is 49.8 Å². The van der Waals surface area contributed by atoms with Crippen LogP contribution in [-0.4, -0.2) is 38.0 Å². The van der Waals surface area contributed by atoms with Crippen LogP contribution in [0.25, 0.3) is 10.9 Å². The number of nitrogens with one attached hydrogen (secondary N) is 2. The van der Waals surface area contributed by atoms with Crippen molar-refractivity contribution in [2.45, 2.75) is 31.2 Å². The zero-order chi connectivity index (χ0) is 25.7. The van der Waals surface area contributed by atoms with Crippen molar-refractivity contribution in [1.82, 2.24) is 19.7 Å². The molecule has 0 fully saturated rings.